The Labute approximate surface area is 159 Å². The number of aryl methyl sites for hydroxylation is 1. The highest BCUT2D eigenvalue weighted by Crippen LogP contribution is 2.26. The van der Waals surface area contributed by atoms with Gasteiger partial charge in [-0.15, -0.1) is 0 Å². The van der Waals surface area contributed by atoms with Gasteiger partial charge in [0.15, 0.2) is 0 Å². The van der Waals surface area contributed by atoms with E-state index in [1.165, 1.54) is 12.8 Å². The monoisotopic (exact) mass is 364 g/mol. The van der Waals surface area contributed by atoms with Crippen molar-refractivity contribution in [1.29, 1.82) is 0 Å². The standard InChI is InChI=1S/C21H24N4O2/c1-15-4-6-17(7-5-15)25-14-16(12-20(25)26)21(27)23-19-9-8-18(13-22-19)24-10-2-3-11-24/h4-9,13,16H,2-3,10-12,14H2,1H3,(H,22,23,27). The largest absolute Gasteiger partial charge is 0.370 e. The number of pyridine rings is 1. The zero-order valence-electron chi connectivity index (χ0n) is 15.5. The fourth-order valence-corrected chi connectivity index (χ4v) is 3.71. The number of nitrogens with zero attached hydrogens (tertiary/aromatic N) is 3. The summed E-state index contributed by atoms with van der Waals surface area (Å²) in [4.78, 5) is 33.3. The van der Waals surface area contributed by atoms with Crippen molar-refractivity contribution in [1.82, 2.24) is 4.98 Å². The van der Waals surface area contributed by atoms with Crippen LogP contribution >= 0.6 is 0 Å². The lowest BCUT2D eigenvalue weighted by molar-refractivity contribution is -0.122. The molecule has 4 rings (SSSR count). The molecule has 27 heavy (non-hydrogen) atoms. The Bertz CT molecular complexity index is 826. The maximum absolute atomic E-state index is 12.6. The van der Waals surface area contributed by atoms with E-state index in [9.17, 15) is 9.59 Å². The van der Waals surface area contributed by atoms with E-state index in [4.69, 9.17) is 0 Å². The molecule has 6 heteroatoms. The summed E-state index contributed by atoms with van der Waals surface area (Å²) >= 11 is 0. The summed E-state index contributed by atoms with van der Waals surface area (Å²) in [5.74, 6) is -0.00114. The average molecular weight is 364 g/mol. The highest BCUT2D eigenvalue weighted by Gasteiger charge is 2.35. The van der Waals surface area contributed by atoms with Crippen LogP contribution in [0.5, 0.6) is 0 Å². The molecule has 2 saturated heterocycles. The number of carbonyl (C=O) groups excluding carboxylic acids is 2. The van der Waals surface area contributed by atoms with E-state index in [2.05, 4.69) is 15.2 Å². The molecule has 1 aromatic heterocycles. The number of nitrogens with one attached hydrogen (secondary N) is 1. The zero-order chi connectivity index (χ0) is 18.8. The van der Waals surface area contributed by atoms with Gasteiger partial charge in [-0.05, 0) is 44.0 Å². The molecule has 0 radical (unpaired) electrons. The van der Waals surface area contributed by atoms with E-state index >= 15 is 0 Å². The smallest absolute Gasteiger partial charge is 0.230 e. The van der Waals surface area contributed by atoms with Crippen LogP contribution in [0.25, 0.3) is 0 Å². The molecule has 140 valence electrons. The third-order valence-corrected chi connectivity index (χ3v) is 5.31. The van der Waals surface area contributed by atoms with E-state index in [0.29, 0.717) is 12.4 Å². The first-order valence-corrected chi connectivity index (χ1v) is 9.49. The SMILES string of the molecule is Cc1ccc(N2CC(C(=O)Nc3ccc(N4CCCC4)cn3)CC2=O)cc1. The van der Waals surface area contributed by atoms with Gasteiger partial charge in [-0.25, -0.2) is 4.98 Å². The molecule has 2 amide bonds. The van der Waals surface area contributed by atoms with Crippen LogP contribution in [0.4, 0.5) is 17.2 Å². The summed E-state index contributed by atoms with van der Waals surface area (Å²) in [5, 5.41) is 2.86. The van der Waals surface area contributed by atoms with Crippen molar-refractivity contribution in [3.63, 3.8) is 0 Å². The molecular weight excluding hydrogens is 340 g/mol. The Balaban J connectivity index is 1.38. The van der Waals surface area contributed by atoms with E-state index in [1.54, 1.807) is 11.1 Å². The predicted octanol–water partition coefficient (Wildman–Crippen LogP) is 2.98. The lowest BCUT2D eigenvalue weighted by Gasteiger charge is -2.18. The van der Waals surface area contributed by atoms with E-state index in [-0.39, 0.29) is 24.2 Å². The number of anilines is 3. The highest BCUT2D eigenvalue weighted by molar-refractivity contribution is 6.03. The average Bonchev–Trinajstić information content (AvgIpc) is 3.33. The third kappa shape index (κ3) is 3.79. The minimum Gasteiger partial charge on any atom is -0.370 e. The van der Waals surface area contributed by atoms with Gasteiger partial charge in [-0.3, -0.25) is 9.59 Å². The predicted molar refractivity (Wildman–Crippen MR) is 106 cm³/mol. The zero-order valence-corrected chi connectivity index (χ0v) is 15.5. The van der Waals surface area contributed by atoms with Crippen LogP contribution in [0.1, 0.15) is 24.8 Å². The molecule has 0 spiro atoms. The summed E-state index contributed by atoms with van der Waals surface area (Å²) < 4.78 is 0. The van der Waals surface area contributed by atoms with Crippen LogP contribution in [-0.4, -0.2) is 36.4 Å². The summed E-state index contributed by atoms with van der Waals surface area (Å²) in [7, 11) is 0. The molecular formula is C21H24N4O2. The molecule has 0 aliphatic carbocycles. The van der Waals surface area contributed by atoms with Crippen LogP contribution in [-0.2, 0) is 9.59 Å². The first-order chi connectivity index (χ1) is 13.1. The van der Waals surface area contributed by atoms with E-state index in [1.807, 2.05) is 43.3 Å². The Kier molecular flexibility index (Phi) is 4.79. The van der Waals surface area contributed by atoms with Crippen molar-refractivity contribution in [2.45, 2.75) is 26.2 Å². The second-order valence-corrected chi connectivity index (χ2v) is 7.33. The van der Waals surface area contributed by atoms with Crippen molar-refractivity contribution >= 4 is 29.0 Å². The van der Waals surface area contributed by atoms with E-state index < -0.39 is 0 Å². The van der Waals surface area contributed by atoms with Crippen molar-refractivity contribution in [2.75, 3.05) is 34.8 Å². The van der Waals surface area contributed by atoms with Gasteiger partial charge < -0.3 is 15.1 Å². The second-order valence-electron chi connectivity index (χ2n) is 7.33. The van der Waals surface area contributed by atoms with Gasteiger partial charge >= 0.3 is 0 Å². The van der Waals surface area contributed by atoms with Crippen LogP contribution < -0.4 is 15.1 Å². The summed E-state index contributed by atoms with van der Waals surface area (Å²) in [5.41, 5.74) is 3.07. The van der Waals surface area contributed by atoms with Gasteiger partial charge in [-0.2, -0.15) is 0 Å². The highest BCUT2D eigenvalue weighted by atomic mass is 16.2. The topological polar surface area (TPSA) is 65.5 Å². The van der Waals surface area contributed by atoms with Crippen molar-refractivity contribution in [3.8, 4) is 0 Å². The summed E-state index contributed by atoms with van der Waals surface area (Å²) in [6, 6.07) is 11.6. The number of amides is 2. The van der Waals surface area contributed by atoms with Crippen LogP contribution in [0.2, 0.25) is 0 Å². The van der Waals surface area contributed by atoms with Crippen molar-refractivity contribution in [2.24, 2.45) is 5.92 Å². The Morgan fingerprint density at radius 3 is 2.44 bits per heavy atom. The van der Waals surface area contributed by atoms with Crippen molar-refractivity contribution in [3.05, 3.63) is 48.2 Å². The molecule has 1 N–H and O–H groups in total. The van der Waals surface area contributed by atoms with Crippen molar-refractivity contribution < 1.29 is 9.59 Å². The van der Waals surface area contributed by atoms with Gasteiger partial charge in [-0.1, -0.05) is 17.7 Å². The second kappa shape index (κ2) is 7.39. The van der Waals surface area contributed by atoms with Gasteiger partial charge in [0.25, 0.3) is 0 Å². The van der Waals surface area contributed by atoms with Crippen LogP contribution in [0, 0.1) is 12.8 Å². The summed E-state index contributed by atoms with van der Waals surface area (Å²) in [6.07, 6.45) is 4.46. The number of carbonyl (C=O) groups is 2. The molecule has 2 aliphatic rings. The fourth-order valence-electron chi connectivity index (χ4n) is 3.71. The lowest BCUT2D eigenvalue weighted by Crippen LogP contribution is -2.28. The number of benzene rings is 1. The molecule has 1 unspecified atom stereocenters. The molecule has 0 bridgehead atoms. The maximum atomic E-state index is 12.6. The first-order valence-electron chi connectivity index (χ1n) is 9.49. The van der Waals surface area contributed by atoms with Gasteiger partial charge in [0.2, 0.25) is 11.8 Å². The molecule has 2 aliphatic heterocycles. The van der Waals surface area contributed by atoms with Crippen LogP contribution in [0.15, 0.2) is 42.6 Å². The molecule has 2 fully saturated rings. The first kappa shape index (κ1) is 17.5. The molecule has 6 nitrogen and oxygen atoms in total. The Morgan fingerprint density at radius 2 is 1.78 bits per heavy atom. The quantitative estimate of drug-likeness (QED) is 0.906. The number of rotatable bonds is 4. The van der Waals surface area contributed by atoms with Gasteiger partial charge in [0.05, 0.1) is 17.8 Å². The minimum absolute atomic E-state index is 0.0173. The van der Waals surface area contributed by atoms with Gasteiger partial charge in [0.1, 0.15) is 5.82 Å². The number of aromatic nitrogens is 1. The normalized spacial score (nSPS) is 19.6. The van der Waals surface area contributed by atoms with E-state index in [0.717, 1.165) is 30.0 Å². The van der Waals surface area contributed by atoms with Crippen LogP contribution in [0.3, 0.4) is 0 Å². The molecule has 2 aromatic rings. The maximum Gasteiger partial charge on any atom is 0.230 e. The molecule has 1 atom stereocenters. The molecule has 0 saturated carbocycles. The van der Waals surface area contributed by atoms with Gasteiger partial charge in [0, 0.05) is 31.7 Å². The lowest BCUT2D eigenvalue weighted by atomic mass is 10.1. The Hall–Kier alpha value is -2.89. The molecule has 1 aromatic carbocycles. The Morgan fingerprint density at radius 1 is 1.07 bits per heavy atom. The summed E-state index contributed by atoms with van der Waals surface area (Å²) in [6.45, 7) is 4.53. The fraction of sp³-hybridized carbons (Fsp3) is 0.381. The number of hydrogen-bond acceptors (Lipinski definition) is 4. The minimum atomic E-state index is -0.362. The third-order valence-electron chi connectivity index (χ3n) is 5.31. The number of hydrogen-bond donors (Lipinski definition) is 1. The molecule has 3 heterocycles.